The molecule has 0 saturated heterocycles. The van der Waals surface area contributed by atoms with Crippen molar-refractivity contribution in [2.75, 3.05) is 0 Å². The fraction of sp³-hybridized carbons (Fsp3) is 0.200. The summed E-state index contributed by atoms with van der Waals surface area (Å²) >= 11 is 0. The van der Waals surface area contributed by atoms with Crippen LogP contribution in [-0.4, -0.2) is 12.2 Å². The molecule has 0 bridgehead atoms. The van der Waals surface area contributed by atoms with Gasteiger partial charge in [-0.2, -0.15) is 5.26 Å². The van der Waals surface area contributed by atoms with Crippen LogP contribution in [0.2, 0.25) is 0 Å². The zero-order valence-corrected chi connectivity index (χ0v) is 6.77. The first-order chi connectivity index (χ1) is 5.91. The predicted molar refractivity (Wildman–Crippen MR) is 38.8 cm³/mol. The molecule has 74 valence electrons. The standard InChI is InChI=1S/C3H4N2.C2H3N.BF4/c1-2-5-3-4-1;1-2-3;2-1(3,4)5/h1-3H,(H,4,5);1H3;/q;;-1/p+1. The van der Waals surface area contributed by atoms with E-state index in [2.05, 4.69) is 9.97 Å². The van der Waals surface area contributed by atoms with Crippen LogP contribution in [0.5, 0.6) is 0 Å². The molecule has 1 heterocycles. The molecule has 8 heteroatoms. The molecule has 0 saturated carbocycles. The zero-order valence-electron chi connectivity index (χ0n) is 6.77. The van der Waals surface area contributed by atoms with Crippen molar-refractivity contribution in [3.63, 3.8) is 0 Å². The Hall–Kier alpha value is -1.52. The van der Waals surface area contributed by atoms with Gasteiger partial charge < -0.3 is 17.3 Å². The molecule has 0 unspecified atom stereocenters. The number of hydrogen-bond donors (Lipinski definition) is 1. The highest BCUT2D eigenvalue weighted by atomic mass is 19.5. The third kappa shape index (κ3) is 62.2. The fourth-order valence-corrected chi connectivity index (χ4v) is 0.241. The van der Waals surface area contributed by atoms with Crippen molar-refractivity contribution in [2.45, 2.75) is 6.92 Å². The van der Waals surface area contributed by atoms with Gasteiger partial charge in [-0.25, -0.2) is 0 Å². The fourth-order valence-electron chi connectivity index (χ4n) is 0.241. The van der Waals surface area contributed by atoms with E-state index in [0.29, 0.717) is 0 Å². The summed E-state index contributed by atoms with van der Waals surface area (Å²) in [4.78, 5) is 5.61. The molecule has 1 aromatic heterocycles. The highest BCUT2D eigenvalue weighted by Gasteiger charge is 2.20. The van der Waals surface area contributed by atoms with E-state index in [1.54, 1.807) is 12.4 Å². The van der Waals surface area contributed by atoms with E-state index < -0.39 is 7.25 Å². The molecule has 2 N–H and O–H groups in total. The van der Waals surface area contributed by atoms with Crippen molar-refractivity contribution >= 4 is 7.25 Å². The second-order valence-electron chi connectivity index (χ2n) is 1.53. The molecule has 0 atom stereocenters. The largest absolute Gasteiger partial charge is 0.673 e. The zero-order chi connectivity index (χ0) is 10.7. The minimum atomic E-state index is -6.00. The number of halogens is 4. The second kappa shape index (κ2) is 8.58. The Bertz CT molecular complexity index is 191. The lowest BCUT2D eigenvalue weighted by atomic mass is 10.3. The summed E-state index contributed by atoms with van der Waals surface area (Å²) in [7, 11) is -6.00. The van der Waals surface area contributed by atoms with Gasteiger partial charge in [-0.05, 0) is 0 Å². The van der Waals surface area contributed by atoms with Crippen LogP contribution in [0, 0.1) is 11.3 Å². The summed E-state index contributed by atoms with van der Waals surface area (Å²) in [6.07, 6.45) is 5.39. The normalized spacial score (nSPS) is 8.31. The molecular weight excluding hydrogens is 189 g/mol. The van der Waals surface area contributed by atoms with Crippen molar-refractivity contribution in [3.05, 3.63) is 18.7 Å². The summed E-state index contributed by atoms with van der Waals surface area (Å²) in [6.45, 7) is 1.43. The summed E-state index contributed by atoms with van der Waals surface area (Å²) in [5, 5.41) is 7.32. The molecule has 3 nitrogen and oxygen atoms in total. The Morgan fingerprint density at radius 2 is 1.77 bits per heavy atom. The first kappa shape index (κ1) is 14.0. The summed E-state index contributed by atoms with van der Waals surface area (Å²) in [5.74, 6) is 0. The maximum absolute atomic E-state index is 9.75. The Kier molecular flexibility index (Phi) is 9.26. The number of hydrogen-bond acceptors (Lipinski definition) is 1. The molecule has 0 aliphatic carbocycles. The van der Waals surface area contributed by atoms with Gasteiger partial charge in [0.2, 0.25) is 6.33 Å². The van der Waals surface area contributed by atoms with E-state index in [0.717, 1.165) is 0 Å². The van der Waals surface area contributed by atoms with Crippen LogP contribution in [0.3, 0.4) is 0 Å². The minimum absolute atomic E-state index is 1.43. The van der Waals surface area contributed by atoms with Gasteiger partial charge in [0.25, 0.3) is 0 Å². The Balaban J connectivity index is 0. The maximum atomic E-state index is 9.75. The molecule has 0 aromatic carbocycles. The number of nitrogens with one attached hydrogen (secondary N) is 2. The first-order valence-corrected chi connectivity index (χ1v) is 3.08. The monoisotopic (exact) mass is 197 g/mol. The highest BCUT2D eigenvalue weighted by molar-refractivity contribution is 6.50. The molecule has 0 aliphatic rings. The van der Waals surface area contributed by atoms with Crippen molar-refractivity contribution in [1.82, 2.24) is 4.98 Å². The Morgan fingerprint density at radius 1 is 1.38 bits per heavy atom. The van der Waals surface area contributed by atoms with Gasteiger partial charge in [-0.1, -0.05) is 0 Å². The van der Waals surface area contributed by atoms with Crippen molar-refractivity contribution in [1.29, 1.82) is 5.26 Å². The van der Waals surface area contributed by atoms with Gasteiger partial charge >= 0.3 is 7.25 Å². The van der Waals surface area contributed by atoms with Crippen LogP contribution < -0.4 is 4.98 Å². The van der Waals surface area contributed by atoms with Crippen LogP contribution in [0.15, 0.2) is 18.7 Å². The predicted octanol–water partition coefficient (Wildman–Crippen LogP) is 1.66. The van der Waals surface area contributed by atoms with E-state index in [1.807, 2.05) is 12.4 Å². The van der Waals surface area contributed by atoms with Gasteiger partial charge in [0.1, 0.15) is 12.4 Å². The molecule has 0 fully saturated rings. The number of imidazole rings is 1. The first-order valence-electron chi connectivity index (χ1n) is 3.08. The summed E-state index contributed by atoms with van der Waals surface area (Å²) in [6, 6.07) is 1.75. The quantitative estimate of drug-likeness (QED) is 0.498. The van der Waals surface area contributed by atoms with Gasteiger partial charge in [0.05, 0.1) is 6.07 Å². The lowest BCUT2D eigenvalue weighted by Crippen LogP contribution is -2.02. The number of aromatic nitrogens is 2. The van der Waals surface area contributed by atoms with E-state index in [9.17, 15) is 17.3 Å². The summed E-state index contributed by atoms with van der Waals surface area (Å²) < 4.78 is 39.0. The van der Waals surface area contributed by atoms with Crippen LogP contribution >= 0.6 is 0 Å². The van der Waals surface area contributed by atoms with Crippen LogP contribution in [0.25, 0.3) is 0 Å². The lowest BCUT2D eigenvalue weighted by molar-refractivity contribution is -0.375. The number of nitrogens with zero attached hydrogens (tertiary/aromatic N) is 1. The summed E-state index contributed by atoms with van der Waals surface area (Å²) in [5.41, 5.74) is 0. The SMILES string of the molecule is CC#N.F[B-](F)(F)F.c1c[nH+]c[nH]1. The van der Waals surface area contributed by atoms with Crippen molar-refractivity contribution in [3.8, 4) is 6.07 Å². The number of rotatable bonds is 0. The van der Waals surface area contributed by atoms with Crippen LogP contribution in [0.4, 0.5) is 17.3 Å². The van der Waals surface area contributed by atoms with Crippen LogP contribution in [0.1, 0.15) is 6.92 Å². The van der Waals surface area contributed by atoms with E-state index in [4.69, 9.17) is 5.26 Å². The highest BCUT2D eigenvalue weighted by Crippen LogP contribution is 2.06. The van der Waals surface area contributed by atoms with Crippen LogP contribution in [-0.2, 0) is 0 Å². The molecule has 0 spiro atoms. The van der Waals surface area contributed by atoms with Gasteiger partial charge in [-0.3, -0.25) is 9.97 Å². The second-order valence-corrected chi connectivity index (χ2v) is 1.53. The Labute approximate surface area is 72.5 Å². The van der Waals surface area contributed by atoms with Gasteiger partial charge in [0.15, 0.2) is 0 Å². The topological polar surface area (TPSA) is 53.7 Å². The smallest absolute Gasteiger partial charge is 0.418 e. The van der Waals surface area contributed by atoms with Gasteiger partial charge in [0, 0.05) is 6.92 Å². The molecular formula is C5H8BF4N3. The van der Waals surface area contributed by atoms with Gasteiger partial charge in [-0.15, -0.1) is 0 Å². The Morgan fingerprint density at radius 3 is 1.85 bits per heavy atom. The number of aromatic amines is 2. The van der Waals surface area contributed by atoms with Crippen molar-refractivity contribution in [2.24, 2.45) is 0 Å². The molecule has 0 radical (unpaired) electrons. The van der Waals surface area contributed by atoms with E-state index in [1.165, 1.54) is 6.92 Å². The molecule has 0 aliphatic heterocycles. The number of H-pyrrole nitrogens is 2. The molecule has 1 rings (SSSR count). The van der Waals surface area contributed by atoms with Crippen molar-refractivity contribution < 1.29 is 22.2 Å². The van der Waals surface area contributed by atoms with E-state index in [-0.39, 0.29) is 0 Å². The molecule has 13 heavy (non-hydrogen) atoms. The average molecular weight is 197 g/mol. The minimum Gasteiger partial charge on any atom is -0.418 e. The molecule has 0 amide bonds. The maximum Gasteiger partial charge on any atom is 0.673 e. The average Bonchev–Trinajstić information content (AvgIpc) is 2.36. The third-order valence-electron chi connectivity index (χ3n) is 0.442. The molecule has 1 aromatic rings. The number of nitriles is 1. The lowest BCUT2D eigenvalue weighted by Gasteiger charge is -1.94. The third-order valence-corrected chi connectivity index (χ3v) is 0.442. The van der Waals surface area contributed by atoms with E-state index >= 15 is 0 Å².